The molecule has 2 fully saturated rings. The maximum absolute atomic E-state index is 12.1. The quantitative estimate of drug-likeness (QED) is 0.599. The molecule has 2 aliphatic heterocycles. The van der Waals surface area contributed by atoms with Gasteiger partial charge in [0.2, 0.25) is 10.0 Å². The van der Waals surface area contributed by atoms with Crippen LogP contribution in [0.2, 0.25) is 0 Å². The zero-order valence-corrected chi connectivity index (χ0v) is 18.8. The van der Waals surface area contributed by atoms with Gasteiger partial charge in [-0.05, 0) is 25.8 Å². The van der Waals surface area contributed by atoms with E-state index in [2.05, 4.69) is 31.0 Å². The average molecular weight is 455 g/mol. The van der Waals surface area contributed by atoms with Crippen LogP contribution in [0, 0.1) is 11.3 Å². The highest BCUT2D eigenvalue weighted by atomic mass is 32.2. The number of hydrogen-bond acceptors (Lipinski definition) is 7. The number of nitrogens with zero attached hydrogens (tertiary/aromatic N) is 7. The molecule has 0 unspecified atom stereocenters. The fraction of sp³-hybridized carbons (Fsp3) is 0.524. The predicted octanol–water partition coefficient (Wildman–Crippen LogP) is 1.56. The number of nitrogens with one attached hydrogen (secondary N) is 1. The molecule has 2 saturated heterocycles. The van der Waals surface area contributed by atoms with Gasteiger partial charge in [0.25, 0.3) is 0 Å². The summed E-state index contributed by atoms with van der Waals surface area (Å²) in [4.78, 5) is 14.1. The molecular formula is C21H26N8O2S. The van der Waals surface area contributed by atoms with Crippen molar-refractivity contribution < 1.29 is 8.42 Å². The molecule has 2 aliphatic rings. The van der Waals surface area contributed by atoms with E-state index < -0.39 is 10.0 Å². The van der Waals surface area contributed by atoms with E-state index in [1.165, 1.54) is 6.33 Å². The predicted molar refractivity (Wildman–Crippen MR) is 119 cm³/mol. The van der Waals surface area contributed by atoms with Gasteiger partial charge in [-0.15, -0.1) is 0 Å². The molecule has 11 heteroatoms. The minimum atomic E-state index is -3.12. The first-order chi connectivity index (χ1) is 15.5. The van der Waals surface area contributed by atoms with E-state index in [1.807, 2.05) is 23.1 Å². The second-order valence-electron chi connectivity index (χ2n) is 8.63. The number of aromatic amines is 1. The van der Waals surface area contributed by atoms with Crippen LogP contribution in [-0.4, -0.2) is 80.3 Å². The molecule has 168 valence electrons. The van der Waals surface area contributed by atoms with Crippen molar-refractivity contribution in [3.8, 4) is 17.3 Å². The summed E-state index contributed by atoms with van der Waals surface area (Å²) in [6.45, 7) is 4.28. The zero-order valence-electron chi connectivity index (χ0n) is 18.0. The number of H-pyrrole nitrogens is 1. The van der Waals surface area contributed by atoms with Crippen LogP contribution in [0.4, 0.5) is 0 Å². The van der Waals surface area contributed by atoms with E-state index in [-0.39, 0.29) is 11.3 Å². The second kappa shape index (κ2) is 7.95. The average Bonchev–Trinajstić information content (AvgIpc) is 3.46. The molecule has 5 rings (SSSR count). The molecule has 10 nitrogen and oxygen atoms in total. The highest BCUT2D eigenvalue weighted by Gasteiger charge is 2.48. The fourth-order valence-electron chi connectivity index (χ4n) is 4.93. The summed E-state index contributed by atoms with van der Waals surface area (Å²) in [6, 6.07) is 4.62. The Labute approximate surface area is 186 Å². The van der Waals surface area contributed by atoms with Gasteiger partial charge in [-0.25, -0.2) is 22.7 Å². The molecule has 0 aromatic carbocycles. The summed E-state index contributed by atoms with van der Waals surface area (Å²) in [5.74, 6) is 0.149. The number of fused-ring (bicyclic) bond motifs is 1. The summed E-state index contributed by atoms with van der Waals surface area (Å²) >= 11 is 0. The Morgan fingerprint density at radius 2 is 2.06 bits per heavy atom. The Morgan fingerprint density at radius 1 is 1.28 bits per heavy atom. The van der Waals surface area contributed by atoms with E-state index >= 15 is 0 Å². The molecule has 5 heterocycles. The number of sulfonamides is 1. The lowest BCUT2D eigenvalue weighted by Gasteiger charge is -2.53. The van der Waals surface area contributed by atoms with Gasteiger partial charge in [0.05, 0.1) is 30.1 Å². The van der Waals surface area contributed by atoms with Crippen molar-refractivity contribution in [1.29, 1.82) is 5.26 Å². The van der Waals surface area contributed by atoms with Crippen LogP contribution in [-0.2, 0) is 15.6 Å². The molecule has 0 aliphatic carbocycles. The Hall–Kier alpha value is -2.81. The van der Waals surface area contributed by atoms with Crippen molar-refractivity contribution in [1.82, 2.24) is 33.9 Å². The molecule has 0 atom stereocenters. The van der Waals surface area contributed by atoms with E-state index in [1.54, 1.807) is 17.4 Å². The number of hydrogen-bond donors (Lipinski definition) is 1. The van der Waals surface area contributed by atoms with Gasteiger partial charge in [0, 0.05) is 55.6 Å². The Bertz CT molecular complexity index is 1260. The first-order valence-corrected chi connectivity index (χ1v) is 12.5. The van der Waals surface area contributed by atoms with E-state index in [0.717, 1.165) is 48.2 Å². The standard InChI is InChI=1S/C21H26N8O2S/c1-2-32(30,31)28-9-4-17(5-10-28)27-13-21(14-27,6-7-22)29-12-16(11-26-29)19-18-3-8-23-20(18)25-15-24-19/h3,8,11-12,15,17H,2,4-6,9-10,13-14H2,1H3,(H,23,24,25). The number of likely N-dealkylation sites (tertiary alicyclic amines) is 1. The third-order valence-electron chi connectivity index (χ3n) is 6.80. The van der Waals surface area contributed by atoms with Crippen LogP contribution in [0.15, 0.2) is 31.0 Å². The molecule has 1 N–H and O–H groups in total. The lowest BCUT2D eigenvalue weighted by molar-refractivity contribution is -0.0382. The largest absolute Gasteiger partial charge is 0.346 e. The molecule has 3 aromatic rings. The SMILES string of the molecule is CCS(=O)(=O)N1CCC(N2CC(CC#N)(n3cc(-c4ncnc5[nH]ccc45)cn3)C2)CC1. The monoisotopic (exact) mass is 454 g/mol. The minimum absolute atomic E-state index is 0.149. The first kappa shape index (κ1) is 21.1. The van der Waals surface area contributed by atoms with Gasteiger partial charge in [0.15, 0.2) is 0 Å². The van der Waals surface area contributed by atoms with Crippen molar-refractivity contribution in [2.45, 2.75) is 37.8 Å². The van der Waals surface area contributed by atoms with Crippen molar-refractivity contribution in [3.05, 3.63) is 31.0 Å². The van der Waals surface area contributed by atoms with Crippen molar-refractivity contribution in [2.24, 2.45) is 0 Å². The lowest BCUT2D eigenvalue weighted by Crippen LogP contribution is -2.66. The van der Waals surface area contributed by atoms with Crippen LogP contribution in [0.5, 0.6) is 0 Å². The summed E-state index contributed by atoms with van der Waals surface area (Å²) in [7, 11) is -3.12. The van der Waals surface area contributed by atoms with Gasteiger partial charge in [-0.2, -0.15) is 10.4 Å². The molecule has 0 amide bonds. The van der Waals surface area contributed by atoms with Gasteiger partial charge in [0.1, 0.15) is 17.5 Å². The highest BCUT2D eigenvalue weighted by Crippen LogP contribution is 2.37. The topological polar surface area (TPSA) is 124 Å². The van der Waals surface area contributed by atoms with Crippen molar-refractivity contribution >= 4 is 21.1 Å². The normalized spacial score (nSPS) is 20.2. The molecular weight excluding hydrogens is 428 g/mol. The van der Waals surface area contributed by atoms with E-state index in [0.29, 0.717) is 25.6 Å². The number of nitriles is 1. The van der Waals surface area contributed by atoms with Crippen LogP contribution in [0.1, 0.15) is 26.2 Å². The maximum Gasteiger partial charge on any atom is 0.213 e. The Kier molecular flexibility index (Phi) is 5.23. The molecule has 0 radical (unpaired) electrons. The van der Waals surface area contributed by atoms with E-state index in [4.69, 9.17) is 0 Å². The summed E-state index contributed by atoms with van der Waals surface area (Å²) in [6.07, 6.45) is 9.15. The van der Waals surface area contributed by atoms with Crippen LogP contribution >= 0.6 is 0 Å². The van der Waals surface area contributed by atoms with Crippen LogP contribution in [0.25, 0.3) is 22.3 Å². The van der Waals surface area contributed by atoms with Gasteiger partial charge < -0.3 is 4.98 Å². The van der Waals surface area contributed by atoms with Gasteiger partial charge in [-0.3, -0.25) is 9.58 Å². The summed E-state index contributed by atoms with van der Waals surface area (Å²) in [5, 5.41) is 15.1. The molecule has 3 aromatic heterocycles. The first-order valence-electron chi connectivity index (χ1n) is 10.9. The van der Waals surface area contributed by atoms with Gasteiger partial charge >= 0.3 is 0 Å². The Morgan fingerprint density at radius 3 is 2.78 bits per heavy atom. The fourth-order valence-corrected chi connectivity index (χ4v) is 6.06. The van der Waals surface area contributed by atoms with Gasteiger partial charge in [-0.1, -0.05) is 0 Å². The smallest absolute Gasteiger partial charge is 0.213 e. The number of aromatic nitrogens is 5. The molecule has 0 bridgehead atoms. The second-order valence-corrected chi connectivity index (χ2v) is 10.9. The van der Waals surface area contributed by atoms with Crippen LogP contribution < -0.4 is 0 Å². The van der Waals surface area contributed by atoms with Crippen molar-refractivity contribution in [2.75, 3.05) is 31.9 Å². The molecule has 32 heavy (non-hydrogen) atoms. The number of piperidine rings is 1. The third-order valence-corrected chi connectivity index (χ3v) is 8.68. The summed E-state index contributed by atoms with van der Waals surface area (Å²) < 4.78 is 27.8. The van der Waals surface area contributed by atoms with Crippen LogP contribution in [0.3, 0.4) is 0 Å². The maximum atomic E-state index is 12.1. The lowest BCUT2D eigenvalue weighted by atomic mass is 9.84. The van der Waals surface area contributed by atoms with E-state index in [9.17, 15) is 13.7 Å². The molecule has 0 spiro atoms. The highest BCUT2D eigenvalue weighted by molar-refractivity contribution is 7.89. The zero-order chi connectivity index (χ0) is 22.3. The molecule has 0 saturated carbocycles. The Balaban J connectivity index is 1.31. The third kappa shape index (κ3) is 3.48. The summed E-state index contributed by atoms with van der Waals surface area (Å²) in [5.41, 5.74) is 2.12. The van der Waals surface area contributed by atoms with Crippen molar-refractivity contribution in [3.63, 3.8) is 0 Å². The number of rotatable bonds is 6. The minimum Gasteiger partial charge on any atom is -0.346 e.